The van der Waals surface area contributed by atoms with Gasteiger partial charge in [0.2, 0.25) is 0 Å². The number of nitrogens with zero attached hydrogens (tertiary/aromatic N) is 1. The van der Waals surface area contributed by atoms with Crippen LogP contribution >= 0.6 is 0 Å². The van der Waals surface area contributed by atoms with Gasteiger partial charge < -0.3 is 10.2 Å². The van der Waals surface area contributed by atoms with Crippen LogP contribution in [0.25, 0.3) is 0 Å². The van der Waals surface area contributed by atoms with Gasteiger partial charge in [0.05, 0.1) is 0 Å². The van der Waals surface area contributed by atoms with Gasteiger partial charge >= 0.3 is 0 Å². The smallest absolute Gasteiger partial charge is 0.0411 e. The topological polar surface area (TPSA) is 15.3 Å². The van der Waals surface area contributed by atoms with Gasteiger partial charge in [0.1, 0.15) is 0 Å². The molecule has 0 bridgehead atoms. The minimum atomic E-state index is 0.520. The third-order valence-corrected chi connectivity index (χ3v) is 3.55. The van der Waals surface area contributed by atoms with Gasteiger partial charge in [0.25, 0.3) is 0 Å². The summed E-state index contributed by atoms with van der Waals surface area (Å²) in [4.78, 5) is 2.41. The van der Waals surface area contributed by atoms with E-state index in [4.69, 9.17) is 0 Å². The van der Waals surface area contributed by atoms with E-state index in [1.54, 1.807) is 0 Å². The van der Waals surface area contributed by atoms with Gasteiger partial charge in [-0.1, -0.05) is 45.9 Å². The first-order chi connectivity index (χ1) is 8.91. The normalized spacial score (nSPS) is 13.1. The fraction of sp³-hybridized carbons (Fsp3) is 0.647. The third-order valence-electron chi connectivity index (χ3n) is 3.55. The predicted molar refractivity (Wildman–Crippen MR) is 85.7 cm³/mol. The SMILES string of the molecule is CC(C)CC(C)N(C)c1ccccc1CNC(C)C. The Balaban J connectivity index is 2.80. The van der Waals surface area contributed by atoms with Gasteiger partial charge in [0, 0.05) is 31.4 Å². The standard InChI is InChI=1S/C17H30N2/c1-13(2)11-15(5)19(6)17-10-8-7-9-16(17)12-18-14(3)4/h7-10,13-15,18H,11-12H2,1-6H3. The highest BCUT2D eigenvalue weighted by molar-refractivity contribution is 5.53. The van der Waals surface area contributed by atoms with E-state index in [2.05, 4.69) is 76.1 Å². The molecule has 108 valence electrons. The lowest BCUT2D eigenvalue weighted by Crippen LogP contribution is -2.32. The summed E-state index contributed by atoms with van der Waals surface area (Å²) in [7, 11) is 2.21. The first-order valence-electron chi connectivity index (χ1n) is 7.46. The second-order valence-corrected chi connectivity index (χ2v) is 6.25. The van der Waals surface area contributed by atoms with Crippen LogP contribution < -0.4 is 10.2 Å². The largest absolute Gasteiger partial charge is 0.372 e. The van der Waals surface area contributed by atoms with Crippen molar-refractivity contribution in [3.63, 3.8) is 0 Å². The molecule has 1 aromatic carbocycles. The van der Waals surface area contributed by atoms with Crippen molar-refractivity contribution >= 4 is 5.69 Å². The first kappa shape index (κ1) is 16.0. The summed E-state index contributed by atoms with van der Waals surface area (Å²) < 4.78 is 0. The maximum Gasteiger partial charge on any atom is 0.0411 e. The zero-order chi connectivity index (χ0) is 14.4. The number of hydrogen-bond acceptors (Lipinski definition) is 2. The van der Waals surface area contributed by atoms with Gasteiger partial charge in [-0.15, -0.1) is 0 Å². The molecule has 1 atom stereocenters. The predicted octanol–water partition coefficient (Wildman–Crippen LogP) is 4.06. The van der Waals surface area contributed by atoms with E-state index in [-0.39, 0.29) is 0 Å². The molecule has 19 heavy (non-hydrogen) atoms. The van der Waals surface area contributed by atoms with E-state index in [1.165, 1.54) is 17.7 Å². The molecule has 0 amide bonds. The molecular weight excluding hydrogens is 232 g/mol. The molecule has 0 spiro atoms. The summed E-state index contributed by atoms with van der Waals surface area (Å²) >= 11 is 0. The zero-order valence-corrected chi connectivity index (χ0v) is 13.4. The van der Waals surface area contributed by atoms with E-state index in [9.17, 15) is 0 Å². The lowest BCUT2D eigenvalue weighted by atomic mass is 10.0. The molecule has 2 heteroatoms. The number of para-hydroxylation sites is 1. The zero-order valence-electron chi connectivity index (χ0n) is 13.4. The van der Waals surface area contributed by atoms with Gasteiger partial charge in [-0.25, -0.2) is 0 Å². The molecule has 2 nitrogen and oxygen atoms in total. The van der Waals surface area contributed by atoms with E-state index in [0.29, 0.717) is 12.1 Å². The van der Waals surface area contributed by atoms with E-state index >= 15 is 0 Å². The molecule has 0 aromatic heterocycles. The van der Waals surface area contributed by atoms with Crippen LogP contribution in [0.4, 0.5) is 5.69 Å². The Morgan fingerprint density at radius 3 is 2.26 bits per heavy atom. The van der Waals surface area contributed by atoms with Crippen LogP contribution in [0.1, 0.15) is 46.6 Å². The van der Waals surface area contributed by atoms with Crippen LogP contribution in [0.5, 0.6) is 0 Å². The Bertz CT molecular complexity index is 371. The number of anilines is 1. The fourth-order valence-corrected chi connectivity index (χ4v) is 2.40. The molecule has 0 saturated carbocycles. The molecule has 1 unspecified atom stereocenters. The minimum absolute atomic E-state index is 0.520. The molecule has 0 fully saturated rings. The molecule has 0 aliphatic rings. The van der Waals surface area contributed by atoms with E-state index in [0.717, 1.165) is 12.5 Å². The van der Waals surface area contributed by atoms with Gasteiger partial charge in [-0.2, -0.15) is 0 Å². The molecule has 0 saturated heterocycles. The molecule has 0 heterocycles. The Morgan fingerprint density at radius 2 is 1.68 bits per heavy atom. The number of nitrogens with one attached hydrogen (secondary N) is 1. The summed E-state index contributed by atoms with van der Waals surface area (Å²) in [5.74, 6) is 0.735. The van der Waals surface area contributed by atoms with Crippen molar-refractivity contribution in [3.05, 3.63) is 29.8 Å². The van der Waals surface area contributed by atoms with Crippen molar-refractivity contribution in [3.8, 4) is 0 Å². The first-order valence-corrected chi connectivity index (χ1v) is 7.46. The van der Waals surface area contributed by atoms with Crippen LogP contribution in [0, 0.1) is 5.92 Å². The van der Waals surface area contributed by atoms with Gasteiger partial charge in [-0.3, -0.25) is 0 Å². The number of benzene rings is 1. The molecule has 1 aromatic rings. The maximum absolute atomic E-state index is 3.51. The number of hydrogen-bond donors (Lipinski definition) is 1. The van der Waals surface area contributed by atoms with Crippen LogP contribution in [0.3, 0.4) is 0 Å². The highest BCUT2D eigenvalue weighted by Gasteiger charge is 2.14. The summed E-state index contributed by atoms with van der Waals surface area (Å²) in [6.45, 7) is 12.2. The van der Waals surface area contributed by atoms with Crippen molar-refractivity contribution in [1.82, 2.24) is 5.32 Å². The molecule has 0 radical (unpaired) electrons. The lowest BCUT2D eigenvalue weighted by molar-refractivity contribution is 0.502. The van der Waals surface area contributed by atoms with Gasteiger partial charge in [-0.05, 0) is 30.9 Å². The average molecular weight is 262 g/mol. The van der Waals surface area contributed by atoms with E-state index in [1.807, 2.05) is 0 Å². The Morgan fingerprint density at radius 1 is 1.05 bits per heavy atom. The Labute approximate surface area is 119 Å². The highest BCUT2D eigenvalue weighted by atomic mass is 15.1. The molecule has 0 aliphatic carbocycles. The van der Waals surface area contributed by atoms with Crippen molar-refractivity contribution < 1.29 is 0 Å². The fourth-order valence-electron chi connectivity index (χ4n) is 2.40. The van der Waals surface area contributed by atoms with Crippen molar-refractivity contribution in [1.29, 1.82) is 0 Å². The third kappa shape index (κ3) is 5.23. The molecular formula is C17H30N2. The van der Waals surface area contributed by atoms with Crippen LogP contribution in [0.15, 0.2) is 24.3 Å². The van der Waals surface area contributed by atoms with Crippen molar-refractivity contribution in [2.24, 2.45) is 5.92 Å². The average Bonchev–Trinajstić information content (AvgIpc) is 2.35. The Hall–Kier alpha value is -1.02. The van der Waals surface area contributed by atoms with Crippen molar-refractivity contribution in [2.45, 2.75) is 59.7 Å². The molecule has 1 N–H and O–H groups in total. The lowest BCUT2D eigenvalue weighted by Gasteiger charge is -2.30. The Kier molecular flexibility index (Phi) is 6.36. The second-order valence-electron chi connectivity index (χ2n) is 6.25. The molecule has 0 aliphatic heterocycles. The van der Waals surface area contributed by atoms with Crippen LogP contribution in [0.2, 0.25) is 0 Å². The summed E-state index contributed by atoms with van der Waals surface area (Å²) in [5, 5.41) is 3.51. The van der Waals surface area contributed by atoms with E-state index < -0.39 is 0 Å². The molecule has 1 rings (SSSR count). The van der Waals surface area contributed by atoms with Crippen molar-refractivity contribution in [2.75, 3.05) is 11.9 Å². The van der Waals surface area contributed by atoms with Crippen LogP contribution in [-0.4, -0.2) is 19.1 Å². The maximum atomic E-state index is 3.51. The number of rotatable bonds is 7. The summed E-state index contributed by atoms with van der Waals surface area (Å²) in [6, 6.07) is 9.80. The van der Waals surface area contributed by atoms with Gasteiger partial charge in [0.15, 0.2) is 0 Å². The second kappa shape index (κ2) is 7.54. The monoisotopic (exact) mass is 262 g/mol. The summed E-state index contributed by atoms with van der Waals surface area (Å²) in [6.07, 6.45) is 1.22. The quantitative estimate of drug-likeness (QED) is 0.797. The van der Waals surface area contributed by atoms with Crippen LogP contribution in [-0.2, 0) is 6.54 Å². The summed E-state index contributed by atoms with van der Waals surface area (Å²) in [5.41, 5.74) is 2.73. The highest BCUT2D eigenvalue weighted by Crippen LogP contribution is 2.23. The minimum Gasteiger partial charge on any atom is -0.372 e.